The average molecular weight is 328 g/mol. The molecule has 0 atom stereocenters. The molecule has 0 saturated heterocycles. The van der Waals surface area contributed by atoms with Gasteiger partial charge in [0.15, 0.2) is 0 Å². The molecule has 0 spiro atoms. The Labute approximate surface area is 142 Å². The van der Waals surface area contributed by atoms with E-state index < -0.39 is 0 Å². The molecule has 23 heavy (non-hydrogen) atoms. The molecule has 0 fully saturated rings. The second kappa shape index (κ2) is 17.3. The van der Waals surface area contributed by atoms with Crippen LogP contribution in [0, 0.1) is 0 Å². The molecule has 0 aromatic carbocycles. The average Bonchev–Trinajstić information content (AvgIpc) is 2.53. The van der Waals surface area contributed by atoms with Crippen LogP contribution in [0.2, 0.25) is 0 Å². The molecule has 0 aromatic heterocycles. The molecule has 0 bridgehead atoms. The Morgan fingerprint density at radius 2 is 1.00 bits per heavy atom. The number of hydrogen-bond donors (Lipinski definition) is 0. The van der Waals surface area contributed by atoms with Gasteiger partial charge in [0.05, 0.1) is 13.2 Å². The Morgan fingerprint density at radius 1 is 0.565 bits per heavy atom. The van der Waals surface area contributed by atoms with E-state index in [-0.39, 0.29) is 11.9 Å². The van der Waals surface area contributed by atoms with Crippen molar-refractivity contribution < 1.29 is 19.1 Å². The predicted molar refractivity (Wildman–Crippen MR) is 93.3 cm³/mol. The second-order valence-electron chi connectivity index (χ2n) is 6.12. The van der Waals surface area contributed by atoms with Gasteiger partial charge in [-0.25, -0.2) is 0 Å². The first-order valence-electron chi connectivity index (χ1n) is 9.52. The van der Waals surface area contributed by atoms with Gasteiger partial charge in [-0.1, -0.05) is 65.2 Å². The van der Waals surface area contributed by atoms with Gasteiger partial charge in [0.2, 0.25) is 0 Å². The summed E-state index contributed by atoms with van der Waals surface area (Å²) >= 11 is 0. The topological polar surface area (TPSA) is 52.6 Å². The van der Waals surface area contributed by atoms with Gasteiger partial charge in [-0.05, 0) is 19.3 Å². The summed E-state index contributed by atoms with van der Waals surface area (Å²) in [6, 6.07) is 0. The summed E-state index contributed by atoms with van der Waals surface area (Å²) in [7, 11) is 0. The van der Waals surface area contributed by atoms with Crippen LogP contribution in [-0.4, -0.2) is 25.2 Å². The van der Waals surface area contributed by atoms with Gasteiger partial charge >= 0.3 is 11.9 Å². The maximum atomic E-state index is 11.5. The molecule has 0 aromatic rings. The van der Waals surface area contributed by atoms with Crippen molar-refractivity contribution in [2.45, 2.75) is 97.3 Å². The summed E-state index contributed by atoms with van der Waals surface area (Å²) in [4.78, 5) is 22.9. The van der Waals surface area contributed by atoms with Crippen molar-refractivity contribution in [1.82, 2.24) is 0 Å². The molecule has 0 aliphatic rings. The molecular formula is C19H36O4. The van der Waals surface area contributed by atoms with E-state index in [1.54, 1.807) is 0 Å². The van der Waals surface area contributed by atoms with Gasteiger partial charge < -0.3 is 9.47 Å². The molecule has 0 amide bonds. The largest absolute Gasteiger partial charge is 0.466 e. The van der Waals surface area contributed by atoms with Gasteiger partial charge in [-0.15, -0.1) is 0 Å². The molecule has 0 heterocycles. The van der Waals surface area contributed by atoms with E-state index in [1.165, 1.54) is 38.5 Å². The highest BCUT2D eigenvalue weighted by atomic mass is 16.5. The third-order valence-corrected chi connectivity index (χ3v) is 3.78. The number of ether oxygens (including phenoxy) is 2. The van der Waals surface area contributed by atoms with Crippen LogP contribution in [0.4, 0.5) is 0 Å². The van der Waals surface area contributed by atoms with Crippen molar-refractivity contribution in [3.63, 3.8) is 0 Å². The van der Waals surface area contributed by atoms with E-state index >= 15 is 0 Å². The standard InChI is InChI=1S/C19H36O4/c1-3-5-7-8-9-10-11-12-17-23-19(21)15-13-14-18(20)22-16-6-4-2/h3-17H2,1-2H3. The quantitative estimate of drug-likeness (QED) is 0.289. The lowest BCUT2D eigenvalue weighted by Gasteiger charge is -2.06. The summed E-state index contributed by atoms with van der Waals surface area (Å²) in [5, 5.41) is 0. The van der Waals surface area contributed by atoms with E-state index in [4.69, 9.17) is 9.47 Å². The summed E-state index contributed by atoms with van der Waals surface area (Å²) in [6.45, 7) is 5.27. The van der Waals surface area contributed by atoms with Crippen LogP contribution < -0.4 is 0 Å². The second-order valence-corrected chi connectivity index (χ2v) is 6.12. The van der Waals surface area contributed by atoms with E-state index in [9.17, 15) is 9.59 Å². The molecule has 136 valence electrons. The Bertz CT molecular complexity index is 289. The molecule has 0 rings (SSSR count). The minimum Gasteiger partial charge on any atom is -0.466 e. The Balaban J connectivity index is 3.29. The Morgan fingerprint density at radius 3 is 1.52 bits per heavy atom. The first-order chi connectivity index (χ1) is 11.2. The van der Waals surface area contributed by atoms with Crippen LogP contribution in [0.25, 0.3) is 0 Å². The minimum atomic E-state index is -0.214. The van der Waals surface area contributed by atoms with Crippen LogP contribution in [0.5, 0.6) is 0 Å². The predicted octanol–water partition coefficient (Wildman–Crippen LogP) is 5.18. The highest BCUT2D eigenvalue weighted by Crippen LogP contribution is 2.08. The number of hydrogen-bond acceptors (Lipinski definition) is 4. The van der Waals surface area contributed by atoms with Crippen LogP contribution in [0.3, 0.4) is 0 Å². The fourth-order valence-electron chi connectivity index (χ4n) is 2.27. The molecule has 0 saturated carbocycles. The molecule has 0 unspecified atom stereocenters. The number of carbonyl (C=O) groups excluding carboxylic acids is 2. The van der Waals surface area contributed by atoms with E-state index in [0.717, 1.165) is 25.7 Å². The first-order valence-corrected chi connectivity index (χ1v) is 9.52. The summed E-state index contributed by atoms with van der Waals surface area (Å²) in [6.07, 6.45) is 12.9. The third kappa shape index (κ3) is 17.1. The molecular weight excluding hydrogens is 292 g/mol. The fraction of sp³-hybridized carbons (Fsp3) is 0.895. The minimum absolute atomic E-state index is 0.200. The monoisotopic (exact) mass is 328 g/mol. The number of esters is 2. The number of unbranched alkanes of at least 4 members (excludes halogenated alkanes) is 8. The lowest BCUT2D eigenvalue weighted by Crippen LogP contribution is -2.09. The fourth-order valence-corrected chi connectivity index (χ4v) is 2.27. The van der Waals surface area contributed by atoms with Gasteiger partial charge in [-0.3, -0.25) is 9.59 Å². The summed E-state index contributed by atoms with van der Waals surface area (Å²) < 4.78 is 10.2. The van der Waals surface area contributed by atoms with Crippen molar-refractivity contribution >= 4 is 11.9 Å². The SMILES string of the molecule is CCCCCCCCCCOC(=O)CCCC(=O)OCCCC. The van der Waals surface area contributed by atoms with Crippen LogP contribution in [0.1, 0.15) is 97.3 Å². The van der Waals surface area contributed by atoms with E-state index in [0.29, 0.717) is 32.5 Å². The van der Waals surface area contributed by atoms with Crippen LogP contribution in [-0.2, 0) is 19.1 Å². The zero-order valence-corrected chi connectivity index (χ0v) is 15.2. The van der Waals surface area contributed by atoms with Gasteiger partial charge in [0.1, 0.15) is 0 Å². The van der Waals surface area contributed by atoms with Crippen LogP contribution in [0.15, 0.2) is 0 Å². The van der Waals surface area contributed by atoms with Crippen molar-refractivity contribution in [1.29, 1.82) is 0 Å². The molecule has 0 aliphatic heterocycles. The molecule has 0 N–H and O–H groups in total. The molecule has 4 nitrogen and oxygen atoms in total. The molecule has 0 aliphatic carbocycles. The van der Waals surface area contributed by atoms with Gasteiger partial charge in [0, 0.05) is 12.8 Å². The van der Waals surface area contributed by atoms with Gasteiger partial charge in [-0.2, -0.15) is 0 Å². The zero-order valence-electron chi connectivity index (χ0n) is 15.2. The lowest BCUT2D eigenvalue weighted by molar-refractivity contribution is -0.145. The van der Waals surface area contributed by atoms with Crippen molar-refractivity contribution in [2.75, 3.05) is 13.2 Å². The Hall–Kier alpha value is -1.06. The van der Waals surface area contributed by atoms with E-state index in [1.807, 2.05) is 0 Å². The van der Waals surface area contributed by atoms with Crippen molar-refractivity contribution in [3.8, 4) is 0 Å². The summed E-state index contributed by atoms with van der Waals surface area (Å²) in [5.74, 6) is -0.413. The number of rotatable bonds is 16. The highest BCUT2D eigenvalue weighted by molar-refractivity contribution is 5.72. The van der Waals surface area contributed by atoms with Gasteiger partial charge in [0.25, 0.3) is 0 Å². The maximum absolute atomic E-state index is 11.5. The smallest absolute Gasteiger partial charge is 0.305 e. The first kappa shape index (κ1) is 21.9. The Kier molecular flexibility index (Phi) is 16.5. The van der Waals surface area contributed by atoms with E-state index in [2.05, 4.69) is 13.8 Å². The highest BCUT2D eigenvalue weighted by Gasteiger charge is 2.07. The summed E-state index contributed by atoms with van der Waals surface area (Å²) in [5.41, 5.74) is 0. The van der Waals surface area contributed by atoms with Crippen molar-refractivity contribution in [3.05, 3.63) is 0 Å². The number of carbonyl (C=O) groups is 2. The molecule has 0 radical (unpaired) electrons. The van der Waals surface area contributed by atoms with Crippen LogP contribution >= 0.6 is 0 Å². The third-order valence-electron chi connectivity index (χ3n) is 3.78. The normalized spacial score (nSPS) is 10.5. The van der Waals surface area contributed by atoms with Crippen molar-refractivity contribution in [2.24, 2.45) is 0 Å². The molecule has 4 heteroatoms. The maximum Gasteiger partial charge on any atom is 0.305 e. The zero-order chi connectivity index (χ0) is 17.2. The lowest BCUT2D eigenvalue weighted by atomic mass is 10.1.